The van der Waals surface area contributed by atoms with E-state index in [4.69, 9.17) is 0 Å². The van der Waals surface area contributed by atoms with Crippen LogP contribution in [0.15, 0.2) is 12.1 Å². The van der Waals surface area contributed by atoms with Crippen molar-refractivity contribution in [1.29, 1.82) is 0 Å². The Bertz CT molecular complexity index is 478. The van der Waals surface area contributed by atoms with Crippen molar-refractivity contribution >= 4 is 23.2 Å². The van der Waals surface area contributed by atoms with E-state index in [1.165, 1.54) is 17.7 Å². The van der Waals surface area contributed by atoms with Crippen LogP contribution in [0.3, 0.4) is 0 Å². The zero-order valence-corrected chi connectivity index (χ0v) is 12.9. The van der Waals surface area contributed by atoms with E-state index in [9.17, 15) is 9.59 Å². The minimum absolute atomic E-state index is 0.0763. The molecule has 0 saturated heterocycles. The summed E-state index contributed by atoms with van der Waals surface area (Å²) in [6.45, 7) is 3.76. The van der Waals surface area contributed by atoms with Gasteiger partial charge in [-0.25, -0.2) is 0 Å². The smallest absolute Gasteiger partial charge is 0.242 e. The van der Waals surface area contributed by atoms with E-state index in [0.29, 0.717) is 12.5 Å². The third kappa shape index (κ3) is 4.34. The van der Waals surface area contributed by atoms with E-state index in [1.807, 2.05) is 19.1 Å². The molecule has 1 atom stereocenters. The standard InChI is InChI=1S/C15H22N2O2S/c1-10-7-8-13(20-10)9-14(18)16-11(2)15(19)17-12-5-3-4-6-12/h7-8,11-12H,3-6,9H2,1-2H3,(H,16,18)(H,17,19)/t11-/m0/s1. The molecule has 0 spiro atoms. The maximum absolute atomic E-state index is 12.0. The van der Waals surface area contributed by atoms with Gasteiger partial charge in [-0.3, -0.25) is 9.59 Å². The van der Waals surface area contributed by atoms with Gasteiger partial charge in [-0.05, 0) is 38.8 Å². The second kappa shape index (κ2) is 6.88. The van der Waals surface area contributed by atoms with E-state index in [2.05, 4.69) is 10.6 Å². The summed E-state index contributed by atoms with van der Waals surface area (Å²) in [6.07, 6.45) is 4.83. The maximum Gasteiger partial charge on any atom is 0.242 e. The number of hydrogen-bond acceptors (Lipinski definition) is 3. The molecule has 1 aliphatic rings. The van der Waals surface area contributed by atoms with E-state index in [1.54, 1.807) is 18.3 Å². The van der Waals surface area contributed by atoms with Gasteiger partial charge in [-0.1, -0.05) is 12.8 Å². The van der Waals surface area contributed by atoms with Crippen molar-refractivity contribution < 1.29 is 9.59 Å². The predicted octanol–water partition coefficient (Wildman–Crippen LogP) is 2.16. The summed E-state index contributed by atoms with van der Waals surface area (Å²) in [5.41, 5.74) is 0. The van der Waals surface area contributed by atoms with Gasteiger partial charge >= 0.3 is 0 Å². The molecule has 2 rings (SSSR count). The zero-order chi connectivity index (χ0) is 14.5. The molecule has 2 amide bonds. The minimum atomic E-state index is -0.468. The highest BCUT2D eigenvalue weighted by atomic mass is 32.1. The first-order valence-electron chi connectivity index (χ1n) is 7.19. The molecule has 1 fully saturated rings. The lowest BCUT2D eigenvalue weighted by Crippen LogP contribution is -2.47. The van der Waals surface area contributed by atoms with E-state index < -0.39 is 6.04 Å². The van der Waals surface area contributed by atoms with Crippen LogP contribution in [0.5, 0.6) is 0 Å². The Kier molecular flexibility index (Phi) is 5.17. The second-order valence-electron chi connectivity index (χ2n) is 5.47. The fourth-order valence-electron chi connectivity index (χ4n) is 2.49. The van der Waals surface area contributed by atoms with E-state index in [0.717, 1.165) is 17.7 Å². The van der Waals surface area contributed by atoms with Crippen molar-refractivity contribution in [3.05, 3.63) is 21.9 Å². The van der Waals surface area contributed by atoms with Crippen molar-refractivity contribution in [2.75, 3.05) is 0 Å². The van der Waals surface area contributed by atoms with Gasteiger partial charge in [-0.2, -0.15) is 0 Å². The summed E-state index contributed by atoms with van der Waals surface area (Å²) in [5.74, 6) is -0.173. The van der Waals surface area contributed by atoms with Crippen molar-refractivity contribution in [2.45, 2.75) is 58.0 Å². The number of aryl methyl sites for hydroxylation is 1. The van der Waals surface area contributed by atoms with Gasteiger partial charge in [0.25, 0.3) is 0 Å². The number of carbonyl (C=O) groups excluding carboxylic acids is 2. The van der Waals surface area contributed by atoms with Crippen LogP contribution in [-0.2, 0) is 16.0 Å². The molecule has 1 aromatic heterocycles. The highest BCUT2D eigenvalue weighted by Crippen LogP contribution is 2.18. The highest BCUT2D eigenvalue weighted by molar-refractivity contribution is 7.12. The number of thiophene rings is 1. The van der Waals surface area contributed by atoms with Crippen LogP contribution >= 0.6 is 11.3 Å². The molecule has 0 radical (unpaired) electrons. The summed E-state index contributed by atoms with van der Waals surface area (Å²) < 4.78 is 0. The topological polar surface area (TPSA) is 58.2 Å². The van der Waals surface area contributed by atoms with Gasteiger partial charge in [0.05, 0.1) is 6.42 Å². The van der Waals surface area contributed by atoms with E-state index >= 15 is 0 Å². The maximum atomic E-state index is 12.0. The molecular weight excluding hydrogens is 272 g/mol. The second-order valence-corrected chi connectivity index (χ2v) is 6.84. The van der Waals surface area contributed by atoms with Crippen LogP contribution < -0.4 is 10.6 Å². The Morgan fingerprint density at radius 2 is 2.05 bits per heavy atom. The molecule has 1 saturated carbocycles. The zero-order valence-electron chi connectivity index (χ0n) is 12.1. The number of hydrogen-bond donors (Lipinski definition) is 2. The lowest BCUT2D eigenvalue weighted by atomic mass is 10.2. The lowest BCUT2D eigenvalue weighted by molar-refractivity contribution is -0.128. The molecule has 1 aromatic rings. The Balaban J connectivity index is 1.76. The first-order valence-corrected chi connectivity index (χ1v) is 8.01. The van der Waals surface area contributed by atoms with Crippen LogP contribution in [0.1, 0.15) is 42.4 Å². The summed E-state index contributed by atoms with van der Waals surface area (Å²) in [7, 11) is 0. The summed E-state index contributed by atoms with van der Waals surface area (Å²) >= 11 is 1.62. The Morgan fingerprint density at radius 3 is 2.65 bits per heavy atom. The first kappa shape index (κ1) is 15.0. The molecule has 2 N–H and O–H groups in total. The van der Waals surface area contributed by atoms with Crippen molar-refractivity contribution in [2.24, 2.45) is 0 Å². The number of amides is 2. The predicted molar refractivity (Wildman–Crippen MR) is 80.8 cm³/mol. The molecule has 0 aliphatic heterocycles. The lowest BCUT2D eigenvalue weighted by Gasteiger charge is -2.17. The average Bonchev–Trinajstić information content (AvgIpc) is 3.01. The van der Waals surface area contributed by atoms with Crippen LogP contribution in [0.2, 0.25) is 0 Å². The molecule has 110 valence electrons. The molecule has 0 unspecified atom stereocenters. The van der Waals surface area contributed by atoms with Crippen LogP contribution in [0, 0.1) is 6.92 Å². The first-order chi connectivity index (χ1) is 9.54. The Hall–Kier alpha value is -1.36. The third-order valence-electron chi connectivity index (χ3n) is 3.60. The summed E-state index contributed by atoms with van der Waals surface area (Å²) in [4.78, 5) is 26.1. The van der Waals surface area contributed by atoms with Crippen molar-refractivity contribution in [3.8, 4) is 0 Å². The largest absolute Gasteiger partial charge is 0.352 e. The fraction of sp³-hybridized carbons (Fsp3) is 0.600. The molecule has 20 heavy (non-hydrogen) atoms. The van der Waals surface area contributed by atoms with Crippen LogP contribution in [-0.4, -0.2) is 23.9 Å². The third-order valence-corrected chi connectivity index (χ3v) is 4.60. The van der Waals surface area contributed by atoms with Crippen molar-refractivity contribution in [3.63, 3.8) is 0 Å². The minimum Gasteiger partial charge on any atom is -0.352 e. The average molecular weight is 294 g/mol. The number of rotatable bonds is 5. The van der Waals surface area contributed by atoms with Gasteiger partial charge in [0, 0.05) is 15.8 Å². The molecule has 0 bridgehead atoms. The number of carbonyl (C=O) groups is 2. The Morgan fingerprint density at radius 1 is 1.35 bits per heavy atom. The molecule has 1 heterocycles. The normalized spacial score (nSPS) is 16.9. The van der Waals surface area contributed by atoms with Gasteiger partial charge in [0.2, 0.25) is 11.8 Å². The fourth-order valence-corrected chi connectivity index (χ4v) is 3.38. The monoisotopic (exact) mass is 294 g/mol. The van der Waals surface area contributed by atoms with Gasteiger partial charge in [0.15, 0.2) is 0 Å². The van der Waals surface area contributed by atoms with E-state index in [-0.39, 0.29) is 11.8 Å². The quantitative estimate of drug-likeness (QED) is 0.874. The number of nitrogens with one attached hydrogen (secondary N) is 2. The summed E-state index contributed by atoms with van der Waals surface area (Å²) in [5, 5.41) is 5.77. The molecule has 1 aliphatic carbocycles. The van der Waals surface area contributed by atoms with Crippen LogP contribution in [0.25, 0.3) is 0 Å². The highest BCUT2D eigenvalue weighted by Gasteiger charge is 2.21. The van der Waals surface area contributed by atoms with Crippen molar-refractivity contribution in [1.82, 2.24) is 10.6 Å². The SMILES string of the molecule is Cc1ccc(CC(=O)N[C@@H](C)C(=O)NC2CCCC2)s1. The Labute approximate surface area is 124 Å². The van der Waals surface area contributed by atoms with Crippen LogP contribution in [0.4, 0.5) is 0 Å². The molecule has 4 nitrogen and oxygen atoms in total. The molecule has 0 aromatic carbocycles. The molecular formula is C15H22N2O2S. The molecule has 5 heteroatoms. The van der Waals surface area contributed by atoms with Gasteiger partial charge in [-0.15, -0.1) is 11.3 Å². The van der Waals surface area contributed by atoms with Gasteiger partial charge in [0.1, 0.15) is 6.04 Å². The van der Waals surface area contributed by atoms with Gasteiger partial charge < -0.3 is 10.6 Å². The summed E-state index contributed by atoms with van der Waals surface area (Å²) in [6, 6.07) is 3.79.